The largest absolute Gasteiger partial charge is 0.377 e. The van der Waals surface area contributed by atoms with Gasteiger partial charge in [-0.2, -0.15) is 0 Å². The van der Waals surface area contributed by atoms with Crippen LogP contribution in [-0.2, 0) is 0 Å². The summed E-state index contributed by atoms with van der Waals surface area (Å²) < 4.78 is 0. The van der Waals surface area contributed by atoms with Crippen LogP contribution >= 0.6 is 12.2 Å². The van der Waals surface area contributed by atoms with Crippen LogP contribution in [0.1, 0.15) is 0 Å². The quantitative estimate of drug-likeness (QED) is 0.336. The number of hydrogen-bond acceptors (Lipinski definition) is 1. The summed E-state index contributed by atoms with van der Waals surface area (Å²) in [5.41, 5.74) is 9.24. The minimum atomic E-state index is 0. The van der Waals surface area contributed by atoms with E-state index in [1.165, 1.54) is 0 Å². The van der Waals surface area contributed by atoms with Crippen molar-refractivity contribution in [2.24, 2.45) is 11.5 Å². The van der Waals surface area contributed by atoms with E-state index in [1.807, 2.05) is 0 Å². The molecule has 0 spiro atoms. The lowest BCUT2D eigenvalue weighted by atomic mass is 11.3. The van der Waals surface area contributed by atoms with Gasteiger partial charge in [-0.05, 0) is 12.2 Å². The van der Waals surface area contributed by atoms with Gasteiger partial charge in [0, 0.05) is 0 Å². The molecule has 0 aromatic carbocycles. The Balaban J connectivity index is 0. The summed E-state index contributed by atoms with van der Waals surface area (Å²) >= 11 is 4.09. The molecular weight excluding hydrogens is 88.1 g/mol. The van der Waals surface area contributed by atoms with Crippen molar-refractivity contribution in [1.29, 1.82) is 0 Å². The SMILES string of the molecule is NC(N)=S.[OH]. The van der Waals surface area contributed by atoms with E-state index in [0.29, 0.717) is 0 Å². The molecule has 0 aliphatic rings. The summed E-state index contributed by atoms with van der Waals surface area (Å²) in [6, 6.07) is 0. The van der Waals surface area contributed by atoms with Crippen LogP contribution in [-0.4, -0.2) is 10.6 Å². The van der Waals surface area contributed by atoms with Gasteiger partial charge in [0.05, 0.1) is 0 Å². The molecule has 0 saturated carbocycles. The van der Waals surface area contributed by atoms with Gasteiger partial charge in [-0.1, -0.05) is 0 Å². The second-order valence-electron chi connectivity index (χ2n) is 0.402. The summed E-state index contributed by atoms with van der Waals surface area (Å²) in [5.74, 6) is 0. The first-order valence-corrected chi connectivity index (χ1v) is 1.19. The van der Waals surface area contributed by atoms with E-state index in [2.05, 4.69) is 23.7 Å². The van der Waals surface area contributed by atoms with Crippen molar-refractivity contribution in [2.75, 3.05) is 0 Å². The van der Waals surface area contributed by atoms with Gasteiger partial charge in [-0.15, -0.1) is 0 Å². The molecule has 0 fully saturated rings. The van der Waals surface area contributed by atoms with E-state index in [1.54, 1.807) is 0 Å². The van der Waals surface area contributed by atoms with Crippen molar-refractivity contribution in [3.05, 3.63) is 0 Å². The van der Waals surface area contributed by atoms with E-state index in [-0.39, 0.29) is 10.6 Å². The molecule has 1 radical (unpaired) electrons. The van der Waals surface area contributed by atoms with Crippen LogP contribution in [0.4, 0.5) is 0 Å². The van der Waals surface area contributed by atoms with Crippen LogP contribution < -0.4 is 11.5 Å². The Bertz CT molecular complexity index is 32.6. The van der Waals surface area contributed by atoms with Crippen molar-refractivity contribution in [3.8, 4) is 0 Å². The molecule has 0 bridgehead atoms. The topological polar surface area (TPSA) is 82.0 Å². The zero-order chi connectivity index (χ0) is 3.58. The van der Waals surface area contributed by atoms with Gasteiger partial charge in [0.15, 0.2) is 5.11 Å². The van der Waals surface area contributed by atoms with Crippen molar-refractivity contribution in [3.63, 3.8) is 0 Å². The van der Waals surface area contributed by atoms with E-state index >= 15 is 0 Å². The number of nitrogens with two attached hydrogens (primary N) is 2. The Morgan fingerprint density at radius 2 is 1.40 bits per heavy atom. The van der Waals surface area contributed by atoms with Gasteiger partial charge in [0.25, 0.3) is 0 Å². The van der Waals surface area contributed by atoms with Gasteiger partial charge in [-0.3, -0.25) is 5.48 Å². The highest BCUT2D eigenvalue weighted by molar-refractivity contribution is 7.80. The number of hydrogen-bond donors (Lipinski definition) is 3. The van der Waals surface area contributed by atoms with E-state index in [9.17, 15) is 0 Å². The zero-order valence-electron chi connectivity index (χ0n) is 2.51. The minimum Gasteiger partial charge on any atom is -0.377 e. The normalized spacial score (nSPS) is 4.80. The molecule has 0 aliphatic carbocycles. The standard InChI is InChI=1S/CH4N2S.HO/c2-1(3)4;/h(H4,2,3,4);1H. The maximum Gasteiger partial charge on any atom is 0.160 e. The fourth-order valence-corrected chi connectivity index (χ4v) is 0. The minimum absolute atomic E-state index is 0. The third kappa shape index (κ3) is 81.1. The van der Waals surface area contributed by atoms with Crippen LogP contribution in [0.3, 0.4) is 0 Å². The molecule has 3 nitrogen and oxygen atoms in total. The van der Waals surface area contributed by atoms with Crippen molar-refractivity contribution >= 4 is 17.3 Å². The van der Waals surface area contributed by atoms with Crippen molar-refractivity contribution in [2.45, 2.75) is 0 Å². The lowest BCUT2D eigenvalue weighted by Crippen LogP contribution is -2.18. The molecule has 5 N–H and O–H groups in total. The van der Waals surface area contributed by atoms with Gasteiger partial charge in [-0.25, -0.2) is 0 Å². The predicted molar refractivity (Wildman–Crippen MR) is 22.9 cm³/mol. The number of thiocarbonyl (C=S) groups is 1. The highest BCUT2D eigenvalue weighted by Crippen LogP contribution is 1.32. The highest BCUT2D eigenvalue weighted by atomic mass is 32.1. The van der Waals surface area contributed by atoms with Crippen molar-refractivity contribution < 1.29 is 5.48 Å². The summed E-state index contributed by atoms with van der Waals surface area (Å²) in [6.07, 6.45) is 0. The molecule has 0 unspecified atom stereocenters. The first kappa shape index (κ1) is 8.82. The van der Waals surface area contributed by atoms with Crippen LogP contribution in [0.25, 0.3) is 0 Å². The van der Waals surface area contributed by atoms with Gasteiger partial charge >= 0.3 is 0 Å². The summed E-state index contributed by atoms with van der Waals surface area (Å²) in [6.45, 7) is 0. The van der Waals surface area contributed by atoms with Crippen molar-refractivity contribution in [1.82, 2.24) is 0 Å². The fourth-order valence-electron chi connectivity index (χ4n) is 0. The lowest BCUT2D eigenvalue weighted by Gasteiger charge is -1.68. The van der Waals surface area contributed by atoms with Crippen LogP contribution in [0.5, 0.6) is 0 Å². The first-order chi connectivity index (χ1) is 1.73. The van der Waals surface area contributed by atoms with E-state index in [4.69, 9.17) is 0 Å². The fraction of sp³-hybridized carbons (Fsp3) is 0. The maximum absolute atomic E-state index is 4.62. The molecule has 0 heterocycles. The third-order valence-electron chi connectivity index (χ3n) is 0. The molecule has 4 heteroatoms. The van der Waals surface area contributed by atoms with Gasteiger partial charge in [0.1, 0.15) is 0 Å². The molecule has 0 aromatic heterocycles. The molecular formula is CH5N2OS. The Morgan fingerprint density at radius 1 is 1.40 bits per heavy atom. The van der Waals surface area contributed by atoms with E-state index < -0.39 is 0 Å². The highest BCUT2D eigenvalue weighted by Gasteiger charge is 1.53. The van der Waals surface area contributed by atoms with Crippen LogP contribution in [0, 0.1) is 0 Å². The zero-order valence-corrected chi connectivity index (χ0v) is 3.33. The predicted octanol–water partition coefficient (Wildman–Crippen LogP) is -0.988. The molecule has 0 rings (SSSR count). The summed E-state index contributed by atoms with van der Waals surface area (Å²) in [4.78, 5) is 0. The molecule has 5 heavy (non-hydrogen) atoms. The van der Waals surface area contributed by atoms with Crippen LogP contribution in [0.2, 0.25) is 0 Å². The maximum atomic E-state index is 4.62. The first-order valence-electron chi connectivity index (χ1n) is 0.781. The Hall–Kier alpha value is -0.350. The third-order valence-corrected chi connectivity index (χ3v) is 0. The van der Waals surface area contributed by atoms with Gasteiger partial charge in [0.2, 0.25) is 0 Å². The summed E-state index contributed by atoms with van der Waals surface area (Å²) in [7, 11) is 0. The monoisotopic (exact) mass is 93.0 g/mol. The molecule has 0 amide bonds. The number of rotatable bonds is 0. The average molecular weight is 93.1 g/mol. The summed E-state index contributed by atoms with van der Waals surface area (Å²) in [5, 5.41) is 0.000000000000000222. The lowest BCUT2D eigenvalue weighted by molar-refractivity contribution is 0.824. The van der Waals surface area contributed by atoms with E-state index in [0.717, 1.165) is 0 Å². The second kappa shape index (κ2) is 3.65. The molecule has 31 valence electrons. The molecule has 0 aromatic rings. The van der Waals surface area contributed by atoms with Crippen LogP contribution in [0.15, 0.2) is 0 Å². The Morgan fingerprint density at radius 3 is 1.40 bits per heavy atom. The second-order valence-corrected chi connectivity index (χ2v) is 0.874. The molecule has 0 aliphatic heterocycles. The Kier molecular flexibility index (Phi) is 6.44. The Labute approximate surface area is 35.3 Å². The average Bonchev–Trinajstić information content (AvgIpc) is 0.811. The molecule has 0 saturated heterocycles. The van der Waals surface area contributed by atoms with Gasteiger partial charge < -0.3 is 11.5 Å². The molecule has 0 atom stereocenters. The smallest absolute Gasteiger partial charge is 0.160 e.